The maximum Gasteiger partial charge on any atom is 0.0947 e. The summed E-state index contributed by atoms with van der Waals surface area (Å²) in [5.41, 5.74) is 1.29. The van der Waals surface area contributed by atoms with Crippen molar-refractivity contribution in [2.75, 3.05) is 0 Å². The van der Waals surface area contributed by atoms with Gasteiger partial charge in [0.25, 0.3) is 0 Å². The van der Waals surface area contributed by atoms with Crippen molar-refractivity contribution in [1.29, 1.82) is 0 Å². The summed E-state index contributed by atoms with van der Waals surface area (Å²) >= 11 is 0. The van der Waals surface area contributed by atoms with Crippen molar-refractivity contribution >= 4 is 0 Å². The van der Waals surface area contributed by atoms with Gasteiger partial charge in [0.05, 0.1) is 12.5 Å². The van der Waals surface area contributed by atoms with Crippen molar-refractivity contribution in [3.05, 3.63) is 24.2 Å². The fourth-order valence-electron chi connectivity index (χ4n) is 4.94. The molecule has 0 aromatic carbocycles. The van der Waals surface area contributed by atoms with Gasteiger partial charge in [-0.15, -0.1) is 0 Å². The number of nitrogens with one attached hydrogen (secondary N) is 1. The van der Waals surface area contributed by atoms with Crippen LogP contribution in [0.25, 0.3) is 0 Å². The van der Waals surface area contributed by atoms with Crippen LogP contribution in [0.3, 0.4) is 0 Å². The second kappa shape index (κ2) is 3.88. The van der Waals surface area contributed by atoms with E-state index >= 15 is 0 Å². The van der Waals surface area contributed by atoms with E-state index in [0.717, 1.165) is 36.3 Å². The molecule has 3 aliphatic rings. The molecule has 1 N–H and O–H groups in total. The molecule has 0 unspecified atom stereocenters. The third-order valence-corrected chi connectivity index (χ3v) is 5.58. The Balaban J connectivity index is 1.41. The summed E-state index contributed by atoms with van der Waals surface area (Å²) in [5, 5.41) is 3.77. The molecule has 2 bridgehead atoms. The van der Waals surface area contributed by atoms with Gasteiger partial charge in [-0.05, 0) is 55.4 Å². The van der Waals surface area contributed by atoms with Crippen LogP contribution in [0.1, 0.15) is 37.7 Å². The molecule has 0 spiro atoms. The van der Waals surface area contributed by atoms with E-state index in [4.69, 9.17) is 4.42 Å². The molecule has 1 aromatic rings. The molecular weight excluding hydrogens is 210 g/mol. The average Bonchev–Trinajstić information content (AvgIpc) is 3.08. The Kier molecular flexibility index (Phi) is 2.32. The Hall–Kier alpha value is -0.760. The van der Waals surface area contributed by atoms with Crippen LogP contribution in [0.2, 0.25) is 0 Å². The van der Waals surface area contributed by atoms with Gasteiger partial charge in [-0.2, -0.15) is 0 Å². The summed E-state index contributed by atoms with van der Waals surface area (Å²) in [6, 6.07) is 2.85. The first kappa shape index (κ1) is 10.2. The number of hydrogen-bond acceptors (Lipinski definition) is 2. The molecule has 3 saturated carbocycles. The number of rotatable bonds is 3. The van der Waals surface area contributed by atoms with Gasteiger partial charge in [-0.1, -0.05) is 6.42 Å². The lowest BCUT2D eigenvalue weighted by atomic mass is 9.79. The van der Waals surface area contributed by atoms with Gasteiger partial charge in [-0.3, -0.25) is 0 Å². The van der Waals surface area contributed by atoms with E-state index in [1.54, 1.807) is 6.26 Å². The molecule has 5 atom stereocenters. The lowest BCUT2D eigenvalue weighted by molar-refractivity contribution is 0.208. The zero-order chi connectivity index (χ0) is 11.2. The SMILES string of the molecule is c1cc(CN[C@@H]2C[C@H]3C[C@@H]2[C@@H]2CCC[C@H]32)co1. The van der Waals surface area contributed by atoms with Crippen LogP contribution < -0.4 is 5.32 Å². The highest BCUT2D eigenvalue weighted by Gasteiger charge is 2.53. The Labute approximate surface area is 103 Å². The predicted molar refractivity (Wildman–Crippen MR) is 66.4 cm³/mol. The van der Waals surface area contributed by atoms with Crippen LogP contribution in [-0.2, 0) is 6.54 Å². The van der Waals surface area contributed by atoms with Gasteiger partial charge in [0.2, 0.25) is 0 Å². The van der Waals surface area contributed by atoms with Crippen LogP contribution in [0.4, 0.5) is 0 Å². The van der Waals surface area contributed by atoms with E-state index in [0.29, 0.717) is 0 Å². The molecule has 17 heavy (non-hydrogen) atoms. The quantitative estimate of drug-likeness (QED) is 0.864. The normalized spacial score (nSPS) is 43.2. The Morgan fingerprint density at radius 2 is 2.12 bits per heavy atom. The average molecular weight is 231 g/mol. The zero-order valence-electron chi connectivity index (χ0n) is 10.3. The molecular formula is C15H21NO. The molecule has 1 aromatic heterocycles. The summed E-state index contributed by atoms with van der Waals surface area (Å²) in [6.07, 6.45) is 11.1. The summed E-state index contributed by atoms with van der Waals surface area (Å²) < 4.78 is 5.12. The monoisotopic (exact) mass is 231 g/mol. The third-order valence-electron chi connectivity index (χ3n) is 5.58. The van der Waals surface area contributed by atoms with Crippen LogP contribution in [0, 0.1) is 23.7 Å². The molecule has 1 heterocycles. The Morgan fingerprint density at radius 3 is 3.00 bits per heavy atom. The van der Waals surface area contributed by atoms with E-state index < -0.39 is 0 Å². The van der Waals surface area contributed by atoms with Crippen molar-refractivity contribution < 1.29 is 4.42 Å². The number of fused-ring (bicyclic) bond motifs is 5. The molecule has 92 valence electrons. The maximum atomic E-state index is 5.12. The minimum absolute atomic E-state index is 0.786. The minimum Gasteiger partial charge on any atom is -0.472 e. The fourth-order valence-corrected chi connectivity index (χ4v) is 4.94. The van der Waals surface area contributed by atoms with Crippen molar-refractivity contribution in [1.82, 2.24) is 5.32 Å². The predicted octanol–water partition coefficient (Wildman–Crippen LogP) is 3.19. The summed E-state index contributed by atoms with van der Waals surface area (Å²) in [5.74, 6) is 4.20. The van der Waals surface area contributed by atoms with Crippen LogP contribution in [-0.4, -0.2) is 6.04 Å². The largest absolute Gasteiger partial charge is 0.472 e. The Bertz CT molecular complexity index is 386. The number of hydrogen-bond donors (Lipinski definition) is 1. The van der Waals surface area contributed by atoms with Gasteiger partial charge in [0, 0.05) is 18.2 Å². The topological polar surface area (TPSA) is 25.2 Å². The van der Waals surface area contributed by atoms with Crippen molar-refractivity contribution in [2.24, 2.45) is 23.7 Å². The molecule has 0 saturated heterocycles. The maximum absolute atomic E-state index is 5.12. The lowest BCUT2D eigenvalue weighted by Crippen LogP contribution is -2.38. The molecule has 2 nitrogen and oxygen atoms in total. The minimum atomic E-state index is 0.786. The van der Waals surface area contributed by atoms with Gasteiger partial charge >= 0.3 is 0 Å². The highest BCUT2D eigenvalue weighted by atomic mass is 16.3. The van der Waals surface area contributed by atoms with E-state index in [2.05, 4.69) is 11.4 Å². The second-order valence-corrected chi connectivity index (χ2v) is 6.27. The fraction of sp³-hybridized carbons (Fsp3) is 0.733. The second-order valence-electron chi connectivity index (χ2n) is 6.27. The van der Waals surface area contributed by atoms with Crippen LogP contribution in [0.15, 0.2) is 23.0 Å². The first-order chi connectivity index (χ1) is 8.42. The molecule has 0 radical (unpaired) electrons. The van der Waals surface area contributed by atoms with Gasteiger partial charge in [0.15, 0.2) is 0 Å². The summed E-state index contributed by atoms with van der Waals surface area (Å²) in [4.78, 5) is 0. The van der Waals surface area contributed by atoms with Gasteiger partial charge in [-0.25, -0.2) is 0 Å². The first-order valence-corrected chi connectivity index (χ1v) is 7.16. The standard InChI is InChI=1S/C15H21NO/c1-2-12-11-6-14(13(12)3-1)15(7-11)16-8-10-4-5-17-9-10/h4-5,9,11-16H,1-3,6-8H2/t11-,12-,13-,14-,15-/m1/s1. The first-order valence-electron chi connectivity index (χ1n) is 7.16. The molecule has 3 aliphatic carbocycles. The van der Waals surface area contributed by atoms with E-state index in [9.17, 15) is 0 Å². The molecule has 0 amide bonds. The molecule has 2 heteroatoms. The van der Waals surface area contributed by atoms with Gasteiger partial charge in [0.1, 0.15) is 0 Å². The molecule has 3 fully saturated rings. The van der Waals surface area contributed by atoms with Crippen molar-refractivity contribution in [3.63, 3.8) is 0 Å². The summed E-state index contributed by atoms with van der Waals surface area (Å²) in [7, 11) is 0. The van der Waals surface area contributed by atoms with E-state index in [1.807, 2.05) is 6.26 Å². The lowest BCUT2D eigenvalue weighted by Gasteiger charge is -2.32. The zero-order valence-corrected chi connectivity index (χ0v) is 10.3. The van der Waals surface area contributed by atoms with E-state index in [1.165, 1.54) is 37.7 Å². The van der Waals surface area contributed by atoms with Crippen LogP contribution in [0.5, 0.6) is 0 Å². The van der Waals surface area contributed by atoms with Crippen molar-refractivity contribution in [3.8, 4) is 0 Å². The highest BCUT2D eigenvalue weighted by molar-refractivity contribution is 5.08. The smallest absolute Gasteiger partial charge is 0.0947 e. The Morgan fingerprint density at radius 1 is 1.18 bits per heavy atom. The third kappa shape index (κ3) is 1.57. The van der Waals surface area contributed by atoms with Crippen LogP contribution >= 0.6 is 0 Å². The highest BCUT2D eigenvalue weighted by Crippen LogP contribution is 2.58. The molecule has 4 rings (SSSR count). The van der Waals surface area contributed by atoms with Gasteiger partial charge < -0.3 is 9.73 Å². The number of furan rings is 1. The molecule has 0 aliphatic heterocycles. The van der Waals surface area contributed by atoms with Crippen molar-refractivity contribution in [2.45, 2.75) is 44.7 Å². The summed E-state index contributed by atoms with van der Waals surface area (Å²) in [6.45, 7) is 0.988. The van der Waals surface area contributed by atoms with E-state index in [-0.39, 0.29) is 0 Å².